The van der Waals surface area contributed by atoms with Gasteiger partial charge >= 0.3 is 5.97 Å². The summed E-state index contributed by atoms with van der Waals surface area (Å²) in [6.45, 7) is 1.16. The molecule has 0 spiro atoms. The Bertz CT molecular complexity index is 520. The molecular weight excluding hydrogens is 270 g/mol. The van der Waals surface area contributed by atoms with E-state index >= 15 is 0 Å². The number of halogens is 1. The number of ether oxygens (including phenoxy) is 2. The fourth-order valence-corrected chi connectivity index (χ4v) is 2.88. The summed E-state index contributed by atoms with van der Waals surface area (Å²) in [5, 5.41) is 12.9. The molecule has 1 fully saturated rings. The van der Waals surface area contributed by atoms with Gasteiger partial charge in [0.2, 0.25) is 0 Å². The topological polar surface area (TPSA) is 67.8 Å². The molecule has 2 N–H and O–H groups in total. The molecule has 1 saturated heterocycles. The quantitative estimate of drug-likeness (QED) is 0.868. The summed E-state index contributed by atoms with van der Waals surface area (Å²) in [4.78, 5) is 11.0. The first kappa shape index (κ1) is 12.7. The molecule has 102 valence electrons. The van der Waals surface area contributed by atoms with Gasteiger partial charge in [0.05, 0.1) is 12.5 Å². The Morgan fingerprint density at radius 3 is 3.05 bits per heavy atom. The van der Waals surface area contributed by atoms with Crippen molar-refractivity contribution in [2.75, 3.05) is 13.3 Å². The van der Waals surface area contributed by atoms with E-state index < -0.39 is 5.97 Å². The lowest BCUT2D eigenvalue weighted by atomic mass is 9.97. The summed E-state index contributed by atoms with van der Waals surface area (Å²) in [6.07, 6.45) is 0.548. The predicted molar refractivity (Wildman–Crippen MR) is 68.2 cm³/mol. The van der Waals surface area contributed by atoms with Crippen LogP contribution in [0.15, 0.2) is 12.1 Å². The highest BCUT2D eigenvalue weighted by Gasteiger charge is 2.33. The van der Waals surface area contributed by atoms with Gasteiger partial charge in [0, 0.05) is 28.7 Å². The lowest BCUT2D eigenvalue weighted by molar-refractivity contribution is -0.141. The number of hydrogen-bond acceptors (Lipinski definition) is 4. The van der Waals surface area contributed by atoms with E-state index in [1.807, 2.05) is 12.1 Å². The molecule has 3 rings (SSSR count). The van der Waals surface area contributed by atoms with E-state index in [9.17, 15) is 4.79 Å². The van der Waals surface area contributed by atoms with Crippen molar-refractivity contribution >= 4 is 17.6 Å². The molecule has 0 aromatic heterocycles. The van der Waals surface area contributed by atoms with Crippen LogP contribution >= 0.6 is 11.6 Å². The van der Waals surface area contributed by atoms with E-state index in [0.29, 0.717) is 24.6 Å². The molecule has 1 aromatic carbocycles. The second kappa shape index (κ2) is 5.00. The summed E-state index contributed by atoms with van der Waals surface area (Å²) in [6, 6.07) is 3.63. The molecule has 2 unspecified atom stereocenters. The van der Waals surface area contributed by atoms with Crippen LogP contribution in [-0.4, -0.2) is 24.4 Å². The summed E-state index contributed by atoms with van der Waals surface area (Å²) < 4.78 is 10.8. The highest BCUT2D eigenvalue weighted by Crippen LogP contribution is 2.39. The third-order valence-electron chi connectivity index (χ3n) is 3.56. The predicted octanol–water partition coefficient (Wildman–Crippen LogP) is 1.94. The zero-order valence-corrected chi connectivity index (χ0v) is 10.9. The SMILES string of the molecule is O=C(O)C1CNC(c2cc(Cl)cc3c2OCOC3)C1. The number of fused-ring (bicyclic) bond motifs is 1. The first-order valence-corrected chi connectivity index (χ1v) is 6.52. The number of rotatable bonds is 2. The van der Waals surface area contributed by atoms with Crippen LogP contribution in [0.3, 0.4) is 0 Å². The lowest BCUT2D eigenvalue weighted by Gasteiger charge is -2.23. The van der Waals surface area contributed by atoms with Crippen LogP contribution in [0.25, 0.3) is 0 Å². The Morgan fingerprint density at radius 2 is 2.32 bits per heavy atom. The van der Waals surface area contributed by atoms with Crippen molar-refractivity contribution in [3.05, 3.63) is 28.3 Å². The number of nitrogens with one attached hydrogen (secondary N) is 1. The number of carboxylic acids is 1. The van der Waals surface area contributed by atoms with Crippen molar-refractivity contribution in [3.8, 4) is 5.75 Å². The molecule has 0 bridgehead atoms. The second-order valence-corrected chi connectivity index (χ2v) is 5.26. The van der Waals surface area contributed by atoms with Crippen molar-refractivity contribution < 1.29 is 19.4 Å². The number of aliphatic carboxylic acids is 1. The normalized spacial score (nSPS) is 25.7. The highest BCUT2D eigenvalue weighted by molar-refractivity contribution is 6.30. The monoisotopic (exact) mass is 283 g/mol. The zero-order valence-electron chi connectivity index (χ0n) is 10.2. The zero-order chi connectivity index (χ0) is 13.4. The Labute approximate surface area is 115 Å². The van der Waals surface area contributed by atoms with Crippen molar-refractivity contribution in [2.24, 2.45) is 5.92 Å². The van der Waals surface area contributed by atoms with Crippen LogP contribution in [0.5, 0.6) is 5.75 Å². The summed E-state index contributed by atoms with van der Waals surface area (Å²) in [5.74, 6) is -0.353. The fourth-order valence-electron chi connectivity index (χ4n) is 2.63. The summed E-state index contributed by atoms with van der Waals surface area (Å²) >= 11 is 6.10. The Balaban J connectivity index is 1.92. The minimum Gasteiger partial charge on any atom is -0.481 e. The number of benzene rings is 1. The molecule has 2 aliphatic heterocycles. The van der Waals surface area contributed by atoms with E-state index in [4.69, 9.17) is 26.2 Å². The van der Waals surface area contributed by atoms with E-state index in [-0.39, 0.29) is 18.8 Å². The smallest absolute Gasteiger partial charge is 0.307 e. The molecule has 6 heteroatoms. The molecule has 0 radical (unpaired) electrons. The van der Waals surface area contributed by atoms with Gasteiger partial charge in [-0.3, -0.25) is 4.79 Å². The number of hydrogen-bond donors (Lipinski definition) is 2. The van der Waals surface area contributed by atoms with Crippen LogP contribution in [0.2, 0.25) is 5.02 Å². The average molecular weight is 284 g/mol. The first-order chi connectivity index (χ1) is 9.15. The molecule has 19 heavy (non-hydrogen) atoms. The molecule has 5 nitrogen and oxygen atoms in total. The number of carbonyl (C=O) groups is 1. The van der Waals surface area contributed by atoms with Gasteiger partial charge in [0.25, 0.3) is 0 Å². The third kappa shape index (κ3) is 2.41. The Morgan fingerprint density at radius 1 is 1.47 bits per heavy atom. The molecular formula is C13H14ClNO4. The maximum absolute atomic E-state index is 11.0. The van der Waals surface area contributed by atoms with E-state index in [0.717, 1.165) is 16.9 Å². The summed E-state index contributed by atoms with van der Waals surface area (Å²) in [7, 11) is 0. The maximum atomic E-state index is 11.0. The fraction of sp³-hybridized carbons (Fsp3) is 0.462. The van der Waals surface area contributed by atoms with Crippen LogP contribution < -0.4 is 10.1 Å². The van der Waals surface area contributed by atoms with Gasteiger partial charge in [-0.25, -0.2) is 0 Å². The van der Waals surface area contributed by atoms with Crippen LogP contribution in [0, 0.1) is 5.92 Å². The minimum absolute atomic E-state index is 0.0355. The van der Waals surface area contributed by atoms with Crippen LogP contribution in [0.4, 0.5) is 0 Å². The second-order valence-electron chi connectivity index (χ2n) is 4.83. The van der Waals surface area contributed by atoms with E-state index in [2.05, 4.69) is 5.32 Å². The molecule has 1 aromatic rings. The van der Waals surface area contributed by atoms with E-state index in [1.54, 1.807) is 0 Å². The Hall–Kier alpha value is -1.30. The molecule has 0 aliphatic carbocycles. The van der Waals surface area contributed by atoms with Crippen molar-refractivity contribution in [1.29, 1.82) is 0 Å². The van der Waals surface area contributed by atoms with Crippen molar-refractivity contribution in [2.45, 2.75) is 19.1 Å². The maximum Gasteiger partial charge on any atom is 0.307 e. The minimum atomic E-state index is -0.768. The van der Waals surface area contributed by atoms with Gasteiger partial charge in [-0.2, -0.15) is 0 Å². The molecule has 2 atom stereocenters. The van der Waals surface area contributed by atoms with Gasteiger partial charge in [0.15, 0.2) is 6.79 Å². The number of carboxylic acid groups (broad SMARTS) is 1. The standard InChI is InChI=1S/C13H14ClNO4/c14-9-1-8-5-18-6-19-12(8)10(3-9)11-2-7(4-15-11)13(16)17/h1,3,7,11,15H,2,4-6H2,(H,16,17). The first-order valence-electron chi connectivity index (χ1n) is 6.14. The van der Waals surface area contributed by atoms with Crippen molar-refractivity contribution in [1.82, 2.24) is 5.32 Å². The van der Waals surface area contributed by atoms with Gasteiger partial charge in [0.1, 0.15) is 5.75 Å². The third-order valence-corrected chi connectivity index (χ3v) is 3.78. The van der Waals surface area contributed by atoms with E-state index in [1.165, 1.54) is 0 Å². The Kier molecular flexibility index (Phi) is 3.35. The highest BCUT2D eigenvalue weighted by atomic mass is 35.5. The van der Waals surface area contributed by atoms with Crippen LogP contribution in [-0.2, 0) is 16.1 Å². The lowest BCUT2D eigenvalue weighted by Crippen LogP contribution is -2.19. The van der Waals surface area contributed by atoms with Crippen molar-refractivity contribution in [3.63, 3.8) is 0 Å². The largest absolute Gasteiger partial charge is 0.481 e. The van der Waals surface area contributed by atoms with Gasteiger partial charge in [-0.05, 0) is 18.6 Å². The van der Waals surface area contributed by atoms with Gasteiger partial charge in [-0.1, -0.05) is 11.6 Å². The van der Waals surface area contributed by atoms with Gasteiger partial charge in [-0.15, -0.1) is 0 Å². The summed E-state index contributed by atoms with van der Waals surface area (Å²) in [5.41, 5.74) is 1.84. The average Bonchev–Trinajstić information content (AvgIpc) is 2.87. The van der Waals surface area contributed by atoms with Crippen LogP contribution in [0.1, 0.15) is 23.6 Å². The molecule has 0 saturated carbocycles. The molecule has 0 amide bonds. The molecule has 2 heterocycles. The molecule has 2 aliphatic rings. The van der Waals surface area contributed by atoms with Gasteiger partial charge < -0.3 is 19.9 Å².